The molecule has 134 valence electrons. The summed E-state index contributed by atoms with van der Waals surface area (Å²) in [7, 11) is 1.71. The second-order valence-electron chi connectivity index (χ2n) is 7.95. The summed E-state index contributed by atoms with van der Waals surface area (Å²) >= 11 is 0. The predicted octanol–water partition coefficient (Wildman–Crippen LogP) is 4.66. The van der Waals surface area contributed by atoms with Crippen LogP contribution in [0.25, 0.3) is 0 Å². The van der Waals surface area contributed by atoms with Crippen LogP contribution in [0, 0.1) is 16.7 Å². The topological polar surface area (TPSA) is 43.4 Å². The fourth-order valence-electron chi connectivity index (χ4n) is 4.70. The van der Waals surface area contributed by atoms with E-state index < -0.39 is 5.41 Å². The highest BCUT2D eigenvalue weighted by Gasteiger charge is 2.51. The first-order valence-corrected chi connectivity index (χ1v) is 9.20. The molecule has 3 heteroatoms. The Morgan fingerprint density at radius 1 is 1.46 bits per heavy atom. The van der Waals surface area contributed by atoms with Crippen LogP contribution in [-0.2, 0) is 14.3 Å². The minimum absolute atomic E-state index is 0.168. The summed E-state index contributed by atoms with van der Waals surface area (Å²) in [6, 6.07) is 0. The van der Waals surface area contributed by atoms with Gasteiger partial charge in [-0.25, -0.2) is 0 Å². The number of Topliss-reactive ketones (excluding diaryl/α,β-unsaturated/α-hetero) is 2. The van der Waals surface area contributed by atoms with Crippen molar-refractivity contribution in [1.82, 2.24) is 0 Å². The number of allylic oxidation sites excluding steroid dienone is 2. The number of hydrogen-bond donors (Lipinski definition) is 0. The van der Waals surface area contributed by atoms with E-state index >= 15 is 0 Å². The maximum atomic E-state index is 12.6. The first-order valence-electron chi connectivity index (χ1n) is 9.20. The van der Waals surface area contributed by atoms with Crippen molar-refractivity contribution in [2.45, 2.75) is 72.3 Å². The van der Waals surface area contributed by atoms with Gasteiger partial charge in [-0.2, -0.15) is 0 Å². The number of carbonyl (C=O) groups excluding carboxylic acids is 2. The van der Waals surface area contributed by atoms with Gasteiger partial charge in [0.1, 0.15) is 5.78 Å². The van der Waals surface area contributed by atoms with Crippen LogP contribution in [0.3, 0.4) is 0 Å². The first kappa shape index (κ1) is 19.1. The Kier molecular flexibility index (Phi) is 5.54. The molecule has 0 aromatic rings. The van der Waals surface area contributed by atoms with E-state index in [9.17, 15) is 9.59 Å². The summed E-state index contributed by atoms with van der Waals surface area (Å²) in [5, 5.41) is 0. The fraction of sp³-hybridized carbons (Fsp3) is 0.714. The average Bonchev–Trinajstić information content (AvgIpc) is 2.97. The summed E-state index contributed by atoms with van der Waals surface area (Å²) in [5.74, 6) is 0.816. The highest BCUT2D eigenvalue weighted by atomic mass is 16.5. The van der Waals surface area contributed by atoms with E-state index in [1.807, 2.05) is 13.8 Å². The molecule has 0 amide bonds. The zero-order valence-corrected chi connectivity index (χ0v) is 15.9. The number of carbonyl (C=O) groups is 2. The van der Waals surface area contributed by atoms with Crippen molar-refractivity contribution in [3.05, 3.63) is 23.8 Å². The van der Waals surface area contributed by atoms with Crippen molar-refractivity contribution >= 4 is 11.6 Å². The lowest BCUT2D eigenvalue weighted by molar-refractivity contribution is -0.129. The van der Waals surface area contributed by atoms with Crippen molar-refractivity contribution in [3.8, 4) is 0 Å². The molecule has 2 rings (SSSR count). The lowest BCUT2D eigenvalue weighted by atomic mass is 9.59. The minimum Gasteiger partial charge on any atom is -0.380 e. The zero-order chi connectivity index (χ0) is 18.1. The molecule has 0 aliphatic heterocycles. The molecule has 0 fully saturated rings. The smallest absolute Gasteiger partial charge is 0.159 e. The Bertz CT molecular complexity index is 574. The third-order valence-electron chi connectivity index (χ3n) is 6.70. The van der Waals surface area contributed by atoms with E-state index in [2.05, 4.69) is 20.4 Å². The van der Waals surface area contributed by atoms with Gasteiger partial charge in [-0.05, 0) is 38.5 Å². The van der Waals surface area contributed by atoms with E-state index in [-0.39, 0.29) is 23.1 Å². The van der Waals surface area contributed by atoms with E-state index in [0.717, 1.165) is 24.8 Å². The third-order valence-corrected chi connectivity index (χ3v) is 6.70. The molecule has 0 saturated carbocycles. The van der Waals surface area contributed by atoms with Crippen LogP contribution >= 0.6 is 0 Å². The summed E-state index contributed by atoms with van der Waals surface area (Å²) in [4.78, 5) is 25.1. The highest BCUT2D eigenvalue weighted by molar-refractivity contribution is 6.00. The van der Waals surface area contributed by atoms with Gasteiger partial charge in [-0.1, -0.05) is 32.4 Å². The van der Waals surface area contributed by atoms with Crippen LogP contribution in [0.5, 0.6) is 0 Å². The largest absolute Gasteiger partial charge is 0.380 e. The molecule has 0 N–H and O–H groups in total. The van der Waals surface area contributed by atoms with Crippen molar-refractivity contribution < 1.29 is 14.3 Å². The van der Waals surface area contributed by atoms with Crippen LogP contribution in [0.1, 0.15) is 66.2 Å². The fourth-order valence-corrected chi connectivity index (χ4v) is 4.70. The Labute approximate surface area is 146 Å². The lowest BCUT2D eigenvalue weighted by Gasteiger charge is -2.47. The number of methoxy groups -OCH3 is 1. The summed E-state index contributed by atoms with van der Waals surface area (Å²) < 4.78 is 5.93. The van der Waals surface area contributed by atoms with Crippen molar-refractivity contribution in [1.29, 1.82) is 0 Å². The molecular weight excluding hydrogens is 300 g/mol. The maximum Gasteiger partial charge on any atom is 0.159 e. The summed E-state index contributed by atoms with van der Waals surface area (Å²) in [6.07, 6.45) is 6.29. The molecule has 0 aromatic heterocycles. The molecule has 2 aliphatic carbocycles. The first-order chi connectivity index (χ1) is 11.2. The Hall–Kier alpha value is -1.22. The molecule has 0 aromatic carbocycles. The average molecular weight is 332 g/mol. The Balaban J connectivity index is 2.44. The van der Waals surface area contributed by atoms with Crippen LogP contribution < -0.4 is 0 Å². The SMILES string of the molecule is C=C[C@](C)(C[C@@H](OC)[C@]1(C)C2=C(CCC2=O)CC[C@@H]1C)C(=O)CC. The second kappa shape index (κ2) is 6.95. The Morgan fingerprint density at radius 3 is 2.67 bits per heavy atom. The lowest BCUT2D eigenvalue weighted by Crippen LogP contribution is -2.47. The van der Waals surface area contributed by atoms with Gasteiger partial charge >= 0.3 is 0 Å². The molecule has 0 bridgehead atoms. The molecule has 0 radical (unpaired) electrons. The van der Waals surface area contributed by atoms with Crippen molar-refractivity contribution in [2.75, 3.05) is 7.11 Å². The standard InChI is InChI=1S/C21H32O3/c1-7-17(23)20(4,8-2)13-18(24-6)21(5)14(3)9-10-15-11-12-16(22)19(15)21/h8,14,18H,2,7,9-13H2,1,3-6H3/t14-,18+,20+,21+/m0/s1. The second-order valence-corrected chi connectivity index (χ2v) is 7.95. The van der Waals surface area contributed by atoms with Crippen LogP contribution in [0.4, 0.5) is 0 Å². The minimum atomic E-state index is -0.613. The van der Waals surface area contributed by atoms with Gasteiger partial charge in [0, 0.05) is 36.4 Å². The van der Waals surface area contributed by atoms with E-state index in [1.54, 1.807) is 13.2 Å². The number of hydrogen-bond acceptors (Lipinski definition) is 3. The molecule has 0 spiro atoms. The van der Waals surface area contributed by atoms with Crippen LogP contribution in [-0.4, -0.2) is 24.8 Å². The summed E-state index contributed by atoms with van der Waals surface area (Å²) in [6.45, 7) is 12.1. The molecule has 24 heavy (non-hydrogen) atoms. The van der Waals surface area contributed by atoms with Gasteiger partial charge in [-0.15, -0.1) is 6.58 Å². The highest BCUT2D eigenvalue weighted by Crippen LogP contribution is 2.54. The monoisotopic (exact) mass is 332 g/mol. The third kappa shape index (κ3) is 2.92. The predicted molar refractivity (Wildman–Crippen MR) is 96.8 cm³/mol. The molecule has 0 unspecified atom stereocenters. The normalized spacial score (nSPS) is 30.7. The van der Waals surface area contributed by atoms with Gasteiger partial charge in [-0.3, -0.25) is 9.59 Å². The molecule has 0 heterocycles. The number of rotatable bonds is 7. The quantitative estimate of drug-likeness (QED) is 0.637. The van der Waals surface area contributed by atoms with E-state index in [0.29, 0.717) is 25.2 Å². The molecule has 2 aliphatic rings. The van der Waals surface area contributed by atoms with Gasteiger partial charge < -0.3 is 4.74 Å². The van der Waals surface area contributed by atoms with Crippen molar-refractivity contribution in [3.63, 3.8) is 0 Å². The van der Waals surface area contributed by atoms with Crippen molar-refractivity contribution in [2.24, 2.45) is 16.7 Å². The molecule has 0 saturated heterocycles. The molecular formula is C21H32O3. The maximum absolute atomic E-state index is 12.6. The van der Waals surface area contributed by atoms with Crippen LogP contribution in [0.2, 0.25) is 0 Å². The van der Waals surface area contributed by atoms with Gasteiger partial charge in [0.15, 0.2) is 5.78 Å². The number of ketones is 2. The number of ether oxygens (including phenoxy) is 1. The van der Waals surface area contributed by atoms with E-state index in [1.165, 1.54) is 5.57 Å². The van der Waals surface area contributed by atoms with E-state index in [4.69, 9.17) is 4.74 Å². The molecule has 3 nitrogen and oxygen atoms in total. The van der Waals surface area contributed by atoms with Gasteiger partial charge in [0.05, 0.1) is 6.10 Å². The van der Waals surface area contributed by atoms with Gasteiger partial charge in [0.25, 0.3) is 0 Å². The van der Waals surface area contributed by atoms with Gasteiger partial charge in [0.2, 0.25) is 0 Å². The Morgan fingerprint density at radius 2 is 2.12 bits per heavy atom. The molecule has 4 atom stereocenters. The van der Waals surface area contributed by atoms with Crippen LogP contribution in [0.15, 0.2) is 23.8 Å². The zero-order valence-electron chi connectivity index (χ0n) is 15.9. The summed E-state index contributed by atoms with van der Waals surface area (Å²) in [5.41, 5.74) is 1.39.